The molecule has 2 N–H and O–H groups in total. The fraction of sp³-hybridized carbons (Fsp3) is 0.750. The van der Waals surface area contributed by atoms with Crippen molar-refractivity contribution in [2.45, 2.75) is 50.2 Å². The predicted octanol–water partition coefficient (Wildman–Crippen LogP) is 1.68. The molecule has 0 saturated carbocycles. The molecule has 8 heteroatoms. The van der Waals surface area contributed by atoms with Gasteiger partial charge >= 0.3 is 0 Å². The molecule has 0 aromatic carbocycles. The molecule has 6 nitrogen and oxygen atoms in total. The van der Waals surface area contributed by atoms with Crippen LogP contribution in [0.15, 0.2) is 11.4 Å². The molecule has 1 heterocycles. The summed E-state index contributed by atoms with van der Waals surface area (Å²) in [7, 11) is -2.20. The van der Waals surface area contributed by atoms with Gasteiger partial charge in [-0.25, -0.2) is 18.1 Å². The second-order valence-electron chi connectivity index (χ2n) is 5.00. The molecule has 0 unspecified atom stereocenters. The third-order valence-electron chi connectivity index (χ3n) is 3.11. The minimum Gasteiger partial charge on any atom is -0.389 e. The van der Waals surface area contributed by atoms with E-state index in [1.165, 1.54) is 10.9 Å². The number of hydrogen-bond donors (Lipinski definition) is 2. The monoisotopic (exact) mass is 323 g/mol. The fourth-order valence-electron chi connectivity index (χ4n) is 2.10. The highest BCUT2D eigenvalue weighted by molar-refractivity contribution is 7.89. The van der Waals surface area contributed by atoms with Crippen LogP contribution in [0, 0.1) is 0 Å². The maximum atomic E-state index is 12.1. The molecule has 116 valence electrons. The number of aliphatic hydroxyl groups is 1. The largest absolute Gasteiger partial charge is 0.389 e. The Kier molecular flexibility index (Phi) is 6.00. The van der Waals surface area contributed by atoms with E-state index < -0.39 is 15.6 Å². The normalized spacial score (nSPS) is 12.8. The van der Waals surface area contributed by atoms with Crippen LogP contribution in [0.2, 0.25) is 5.15 Å². The lowest BCUT2D eigenvalue weighted by atomic mass is 9.93. The zero-order valence-electron chi connectivity index (χ0n) is 12.1. The van der Waals surface area contributed by atoms with Gasteiger partial charge in [-0.3, -0.25) is 0 Å². The molecule has 0 amide bonds. The van der Waals surface area contributed by atoms with Gasteiger partial charge in [0, 0.05) is 13.6 Å². The number of aromatic nitrogens is 2. The lowest BCUT2D eigenvalue weighted by molar-refractivity contribution is 0.0266. The van der Waals surface area contributed by atoms with Gasteiger partial charge in [-0.2, -0.15) is 0 Å². The zero-order valence-corrected chi connectivity index (χ0v) is 13.6. The van der Waals surface area contributed by atoms with Crippen molar-refractivity contribution in [1.29, 1.82) is 0 Å². The molecule has 20 heavy (non-hydrogen) atoms. The van der Waals surface area contributed by atoms with Crippen LogP contribution in [0.1, 0.15) is 39.5 Å². The zero-order chi connectivity index (χ0) is 15.4. The number of halogens is 1. The van der Waals surface area contributed by atoms with Crippen molar-refractivity contribution in [1.82, 2.24) is 14.3 Å². The molecule has 0 fully saturated rings. The Morgan fingerprint density at radius 3 is 2.35 bits per heavy atom. The van der Waals surface area contributed by atoms with Crippen molar-refractivity contribution in [3.63, 3.8) is 0 Å². The van der Waals surface area contributed by atoms with Crippen LogP contribution in [0.3, 0.4) is 0 Å². The number of aryl methyl sites for hydroxylation is 1. The van der Waals surface area contributed by atoms with Crippen LogP contribution in [0.5, 0.6) is 0 Å². The summed E-state index contributed by atoms with van der Waals surface area (Å²) in [6.07, 6.45) is 3.98. The number of imidazole rings is 1. The van der Waals surface area contributed by atoms with Crippen molar-refractivity contribution < 1.29 is 13.5 Å². The Morgan fingerprint density at radius 1 is 1.40 bits per heavy atom. The fourth-order valence-corrected chi connectivity index (χ4v) is 3.65. The summed E-state index contributed by atoms with van der Waals surface area (Å²) in [5.74, 6) is 0. The molecule has 0 spiro atoms. The van der Waals surface area contributed by atoms with E-state index in [-0.39, 0.29) is 16.7 Å². The van der Waals surface area contributed by atoms with Gasteiger partial charge < -0.3 is 9.67 Å². The first-order valence-corrected chi connectivity index (χ1v) is 8.50. The number of rotatable bonds is 8. The summed E-state index contributed by atoms with van der Waals surface area (Å²) in [5, 5.41) is 10.2. The van der Waals surface area contributed by atoms with Gasteiger partial charge in [-0.05, 0) is 12.8 Å². The molecule has 0 atom stereocenters. The maximum absolute atomic E-state index is 12.1. The molecule has 0 aliphatic rings. The highest BCUT2D eigenvalue weighted by Gasteiger charge is 2.29. The van der Waals surface area contributed by atoms with Gasteiger partial charge in [-0.15, -0.1) is 0 Å². The van der Waals surface area contributed by atoms with Gasteiger partial charge in [0.2, 0.25) is 5.03 Å². The number of nitrogens with zero attached hydrogens (tertiary/aromatic N) is 2. The van der Waals surface area contributed by atoms with Crippen molar-refractivity contribution in [2.24, 2.45) is 7.05 Å². The van der Waals surface area contributed by atoms with E-state index in [4.69, 9.17) is 11.6 Å². The molecule has 1 aromatic rings. The Morgan fingerprint density at radius 2 is 1.95 bits per heavy atom. The maximum Gasteiger partial charge on any atom is 0.261 e. The second-order valence-corrected chi connectivity index (χ2v) is 7.04. The molecular formula is C12H22ClN3O3S. The summed E-state index contributed by atoms with van der Waals surface area (Å²) in [5.41, 5.74) is -1.03. The molecular weight excluding hydrogens is 302 g/mol. The number of hydrogen-bond acceptors (Lipinski definition) is 4. The summed E-state index contributed by atoms with van der Waals surface area (Å²) in [6, 6.07) is 0. The molecule has 0 bridgehead atoms. The van der Waals surface area contributed by atoms with Crippen LogP contribution in [0.4, 0.5) is 0 Å². The van der Waals surface area contributed by atoms with E-state index in [1.807, 2.05) is 13.8 Å². The first-order chi connectivity index (χ1) is 9.25. The molecule has 1 aromatic heterocycles. The molecule has 1 rings (SSSR count). The van der Waals surface area contributed by atoms with E-state index >= 15 is 0 Å². The summed E-state index contributed by atoms with van der Waals surface area (Å²) >= 11 is 5.88. The van der Waals surface area contributed by atoms with E-state index in [1.54, 1.807) is 7.05 Å². The Hall–Kier alpha value is -0.630. The topological polar surface area (TPSA) is 84.2 Å². The quantitative estimate of drug-likeness (QED) is 0.762. The van der Waals surface area contributed by atoms with Crippen LogP contribution in [-0.4, -0.2) is 35.2 Å². The Bertz CT molecular complexity index is 536. The third-order valence-corrected chi connectivity index (χ3v) is 5.00. The summed E-state index contributed by atoms with van der Waals surface area (Å²) in [6.45, 7) is 3.86. The van der Waals surface area contributed by atoms with Crippen LogP contribution >= 0.6 is 11.6 Å². The number of sulfonamides is 1. The van der Waals surface area contributed by atoms with E-state index in [9.17, 15) is 13.5 Å². The van der Waals surface area contributed by atoms with Gasteiger partial charge in [0.1, 0.15) is 5.15 Å². The SMILES string of the molecule is CCCC(O)(CCC)CNS(=O)(=O)c1ncn(C)c1Cl. The van der Waals surface area contributed by atoms with Crippen molar-refractivity contribution >= 4 is 21.6 Å². The smallest absolute Gasteiger partial charge is 0.261 e. The van der Waals surface area contributed by atoms with Crippen LogP contribution in [0.25, 0.3) is 0 Å². The minimum atomic E-state index is -3.81. The lowest BCUT2D eigenvalue weighted by Crippen LogP contribution is -2.42. The van der Waals surface area contributed by atoms with E-state index in [0.717, 1.165) is 12.8 Å². The molecule has 0 aliphatic heterocycles. The third kappa shape index (κ3) is 4.18. The highest BCUT2D eigenvalue weighted by Crippen LogP contribution is 2.21. The van der Waals surface area contributed by atoms with Crippen molar-refractivity contribution in [3.8, 4) is 0 Å². The van der Waals surface area contributed by atoms with Crippen molar-refractivity contribution in [3.05, 3.63) is 11.5 Å². The predicted molar refractivity (Wildman–Crippen MR) is 78.2 cm³/mol. The lowest BCUT2D eigenvalue weighted by Gasteiger charge is -2.27. The van der Waals surface area contributed by atoms with Gasteiger partial charge in [0.05, 0.1) is 11.9 Å². The van der Waals surface area contributed by atoms with E-state index in [0.29, 0.717) is 12.8 Å². The Balaban J connectivity index is 2.84. The van der Waals surface area contributed by atoms with Crippen LogP contribution in [-0.2, 0) is 17.1 Å². The van der Waals surface area contributed by atoms with Crippen molar-refractivity contribution in [2.75, 3.05) is 6.54 Å². The van der Waals surface area contributed by atoms with E-state index in [2.05, 4.69) is 9.71 Å². The molecule has 0 saturated heterocycles. The summed E-state index contributed by atoms with van der Waals surface area (Å²) < 4.78 is 28.1. The van der Waals surface area contributed by atoms with Gasteiger partial charge in [0.25, 0.3) is 10.0 Å². The average Bonchev–Trinajstić information content (AvgIpc) is 2.69. The molecule has 0 aliphatic carbocycles. The van der Waals surface area contributed by atoms with Crippen LogP contribution < -0.4 is 4.72 Å². The van der Waals surface area contributed by atoms with Gasteiger partial charge in [0.15, 0.2) is 0 Å². The highest BCUT2D eigenvalue weighted by atomic mass is 35.5. The minimum absolute atomic E-state index is 0.0378. The molecule has 0 radical (unpaired) electrons. The van der Waals surface area contributed by atoms with Gasteiger partial charge in [-0.1, -0.05) is 38.3 Å². The summed E-state index contributed by atoms with van der Waals surface area (Å²) in [4.78, 5) is 3.78. The first-order valence-electron chi connectivity index (χ1n) is 6.64. The number of nitrogens with one attached hydrogen (secondary N) is 1. The first kappa shape index (κ1) is 17.4. The average molecular weight is 324 g/mol. The Labute approximate surface area is 125 Å². The standard InChI is InChI=1S/C12H22ClN3O3S/c1-4-6-12(17,7-5-2)8-15-20(18,19)11-10(13)16(3)9-14-11/h9,15,17H,4-8H2,1-3H3. The second kappa shape index (κ2) is 6.89.